The van der Waals surface area contributed by atoms with Crippen LogP contribution in [0.4, 0.5) is 0 Å². The molecule has 0 spiro atoms. The lowest BCUT2D eigenvalue weighted by Crippen LogP contribution is -2.61. The number of fused-ring (bicyclic) bond motifs is 5. The number of rotatable bonds is 4. The van der Waals surface area contributed by atoms with Crippen molar-refractivity contribution in [2.45, 2.75) is 38.3 Å². The molecule has 2 amide bonds. The maximum absolute atomic E-state index is 13.6. The number of ether oxygens (including phenoxy) is 1. The molecule has 29 heavy (non-hydrogen) atoms. The molecule has 2 bridgehead atoms. The fourth-order valence-corrected chi connectivity index (χ4v) is 5.75. The van der Waals surface area contributed by atoms with Gasteiger partial charge in [0.1, 0.15) is 5.69 Å². The van der Waals surface area contributed by atoms with Gasteiger partial charge in [-0.25, -0.2) is 0 Å². The van der Waals surface area contributed by atoms with E-state index in [4.69, 9.17) is 4.74 Å². The Morgan fingerprint density at radius 3 is 2.93 bits per heavy atom. The Bertz CT molecular complexity index is 937. The number of benzene rings is 1. The fraction of sp³-hybridized carbons (Fsp3) is 0.565. The number of hydrogen-bond donors (Lipinski definition) is 0. The van der Waals surface area contributed by atoms with Crippen molar-refractivity contribution in [2.24, 2.45) is 11.8 Å². The number of para-hydroxylation sites is 1. The summed E-state index contributed by atoms with van der Waals surface area (Å²) in [6, 6.07) is 10.5. The molecule has 3 fully saturated rings. The highest BCUT2D eigenvalue weighted by Gasteiger charge is 2.45. The Morgan fingerprint density at radius 2 is 2.07 bits per heavy atom. The molecule has 154 valence electrons. The maximum Gasteiger partial charge on any atom is 0.270 e. The molecule has 1 aromatic heterocycles. The van der Waals surface area contributed by atoms with E-state index in [0.29, 0.717) is 43.4 Å². The minimum absolute atomic E-state index is 0.114. The summed E-state index contributed by atoms with van der Waals surface area (Å²) in [5.41, 5.74) is 1.83. The second-order valence-corrected chi connectivity index (χ2v) is 8.81. The van der Waals surface area contributed by atoms with Crippen LogP contribution in [0.2, 0.25) is 0 Å². The Balaban J connectivity index is 1.42. The number of amides is 2. The Labute approximate surface area is 171 Å². The first-order valence-electron chi connectivity index (χ1n) is 10.8. The highest BCUT2D eigenvalue weighted by molar-refractivity contribution is 5.99. The van der Waals surface area contributed by atoms with Crippen molar-refractivity contribution in [1.82, 2.24) is 14.4 Å². The van der Waals surface area contributed by atoms with Crippen molar-refractivity contribution in [1.29, 1.82) is 0 Å². The SMILES string of the molecule is COCCn1c(C(=O)N2CC3CC(C2)C2CCCC(=O)N2C3)cc2ccccc21. The van der Waals surface area contributed by atoms with Crippen molar-refractivity contribution in [3.8, 4) is 0 Å². The van der Waals surface area contributed by atoms with Gasteiger partial charge in [-0.2, -0.15) is 0 Å². The largest absolute Gasteiger partial charge is 0.383 e. The first-order chi connectivity index (χ1) is 14.2. The molecule has 3 aliphatic heterocycles. The molecule has 3 saturated heterocycles. The summed E-state index contributed by atoms with van der Waals surface area (Å²) in [6.07, 6.45) is 3.91. The predicted molar refractivity (Wildman–Crippen MR) is 111 cm³/mol. The topological polar surface area (TPSA) is 54.8 Å². The lowest BCUT2D eigenvalue weighted by molar-refractivity contribution is -0.144. The summed E-state index contributed by atoms with van der Waals surface area (Å²) in [6.45, 7) is 3.56. The van der Waals surface area contributed by atoms with Crippen molar-refractivity contribution in [3.63, 3.8) is 0 Å². The molecule has 0 N–H and O–H groups in total. The molecule has 0 saturated carbocycles. The standard InChI is InChI=1S/C23H29N3O3/c1-29-10-9-25-19-6-3-2-5-17(19)12-21(25)23(28)24-13-16-11-18(15-24)20-7-4-8-22(27)26(20)14-16/h2-3,5-6,12,16,18,20H,4,7-11,13-15H2,1H3. The summed E-state index contributed by atoms with van der Waals surface area (Å²) in [5, 5.41) is 1.09. The fourth-order valence-electron chi connectivity index (χ4n) is 5.75. The molecule has 1 aromatic carbocycles. The number of hydrogen-bond acceptors (Lipinski definition) is 3. The van der Waals surface area contributed by atoms with Crippen LogP contribution < -0.4 is 0 Å². The van der Waals surface area contributed by atoms with Crippen LogP contribution in [0.1, 0.15) is 36.2 Å². The van der Waals surface area contributed by atoms with Gasteiger partial charge in [-0.05, 0) is 43.2 Å². The molecule has 6 heteroatoms. The summed E-state index contributed by atoms with van der Waals surface area (Å²) < 4.78 is 7.39. The number of carbonyl (C=O) groups excluding carboxylic acids is 2. The van der Waals surface area contributed by atoms with Crippen LogP contribution in [-0.2, 0) is 16.1 Å². The zero-order valence-electron chi connectivity index (χ0n) is 17.0. The number of carbonyl (C=O) groups is 2. The van der Waals surface area contributed by atoms with Gasteiger partial charge in [0.05, 0.1) is 6.61 Å². The van der Waals surface area contributed by atoms with Crippen molar-refractivity contribution in [3.05, 3.63) is 36.0 Å². The number of piperidine rings is 3. The highest BCUT2D eigenvalue weighted by atomic mass is 16.5. The van der Waals surface area contributed by atoms with Gasteiger partial charge in [-0.1, -0.05) is 18.2 Å². The van der Waals surface area contributed by atoms with Crippen LogP contribution in [-0.4, -0.2) is 65.6 Å². The molecule has 3 atom stereocenters. The third-order valence-electron chi connectivity index (χ3n) is 7.02. The second-order valence-electron chi connectivity index (χ2n) is 8.81. The van der Waals surface area contributed by atoms with E-state index in [1.54, 1.807) is 7.11 Å². The van der Waals surface area contributed by atoms with E-state index in [0.717, 1.165) is 55.5 Å². The summed E-state index contributed by atoms with van der Waals surface area (Å²) >= 11 is 0. The van der Waals surface area contributed by atoms with Crippen molar-refractivity contribution in [2.75, 3.05) is 33.4 Å². The van der Waals surface area contributed by atoms with E-state index < -0.39 is 0 Å². The smallest absolute Gasteiger partial charge is 0.270 e. The zero-order valence-corrected chi connectivity index (χ0v) is 17.0. The first-order valence-corrected chi connectivity index (χ1v) is 10.8. The van der Waals surface area contributed by atoms with Gasteiger partial charge < -0.3 is 19.1 Å². The minimum Gasteiger partial charge on any atom is -0.383 e. The van der Waals surface area contributed by atoms with E-state index in [9.17, 15) is 9.59 Å². The molecule has 2 aromatic rings. The number of nitrogens with zero attached hydrogens (tertiary/aromatic N) is 3. The van der Waals surface area contributed by atoms with E-state index in [2.05, 4.69) is 21.6 Å². The Morgan fingerprint density at radius 1 is 1.21 bits per heavy atom. The molecule has 0 radical (unpaired) electrons. The molecule has 6 nitrogen and oxygen atoms in total. The lowest BCUT2D eigenvalue weighted by Gasteiger charge is -2.52. The van der Waals surface area contributed by atoms with Gasteiger partial charge in [0.15, 0.2) is 0 Å². The average Bonchev–Trinajstić information content (AvgIpc) is 3.11. The van der Waals surface area contributed by atoms with Crippen LogP contribution in [0.15, 0.2) is 30.3 Å². The third kappa shape index (κ3) is 3.23. The minimum atomic E-state index is 0.114. The molecule has 3 unspecified atom stereocenters. The van der Waals surface area contributed by atoms with E-state index in [1.807, 2.05) is 23.1 Å². The van der Waals surface area contributed by atoms with Gasteiger partial charge in [0.25, 0.3) is 5.91 Å². The Kier molecular flexibility index (Phi) is 4.82. The highest BCUT2D eigenvalue weighted by Crippen LogP contribution is 2.38. The molecule has 3 aliphatic rings. The van der Waals surface area contributed by atoms with Gasteiger partial charge in [0, 0.05) is 56.7 Å². The maximum atomic E-state index is 13.6. The molecular weight excluding hydrogens is 366 g/mol. The molecule has 0 aliphatic carbocycles. The van der Waals surface area contributed by atoms with Crippen LogP contribution >= 0.6 is 0 Å². The number of methoxy groups -OCH3 is 1. The van der Waals surface area contributed by atoms with Crippen molar-refractivity contribution >= 4 is 22.7 Å². The lowest BCUT2D eigenvalue weighted by atomic mass is 9.76. The van der Waals surface area contributed by atoms with Crippen LogP contribution in [0, 0.1) is 11.8 Å². The van der Waals surface area contributed by atoms with E-state index in [-0.39, 0.29) is 5.91 Å². The van der Waals surface area contributed by atoms with Gasteiger partial charge >= 0.3 is 0 Å². The van der Waals surface area contributed by atoms with Gasteiger partial charge in [-0.3, -0.25) is 9.59 Å². The first kappa shape index (κ1) is 18.7. The van der Waals surface area contributed by atoms with Gasteiger partial charge in [0.2, 0.25) is 5.91 Å². The average molecular weight is 396 g/mol. The summed E-state index contributed by atoms with van der Waals surface area (Å²) in [7, 11) is 1.69. The predicted octanol–water partition coefficient (Wildman–Crippen LogP) is 2.76. The zero-order chi connectivity index (χ0) is 20.0. The second kappa shape index (κ2) is 7.48. The van der Waals surface area contributed by atoms with Crippen LogP contribution in [0.5, 0.6) is 0 Å². The molecular formula is C23H29N3O3. The normalized spacial score (nSPS) is 26.7. The molecule has 4 heterocycles. The van der Waals surface area contributed by atoms with Gasteiger partial charge in [-0.15, -0.1) is 0 Å². The summed E-state index contributed by atoms with van der Waals surface area (Å²) in [5.74, 6) is 1.23. The summed E-state index contributed by atoms with van der Waals surface area (Å²) in [4.78, 5) is 30.1. The monoisotopic (exact) mass is 395 g/mol. The quantitative estimate of drug-likeness (QED) is 0.800. The van der Waals surface area contributed by atoms with E-state index in [1.165, 1.54) is 0 Å². The number of likely N-dealkylation sites (tertiary alicyclic amines) is 1. The Hall–Kier alpha value is -2.34. The van der Waals surface area contributed by atoms with Crippen molar-refractivity contribution < 1.29 is 14.3 Å². The molecule has 5 rings (SSSR count). The van der Waals surface area contributed by atoms with Crippen LogP contribution in [0.25, 0.3) is 10.9 Å². The van der Waals surface area contributed by atoms with Crippen LogP contribution in [0.3, 0.4) is 0 Å². The third-order valence-corrected chi connectivity index (χ3v) is 7.02. The van der Waals surface area contributed by atoms with E-state index >= 15 is 0 Å². The number of aromatic nitrogens is 1.